The Morgan fingerprint density at radius 2 is 1.66 bits per heavy atom. The van der Waals surface area contributed by atoms with E-state index in [1.807, 2.05) is 0 Å². The third-order valence-electron chi connectivity index (χ3n) is 5.27. The molecule has 0 saturated carbocycles. The fourth-order valence-electron chi connectivity index (χ4n) is 3.45. The number of hydrogen-bond acceptors (Lipinski definition) is 11. The molecule has 0 saturated heterocycles. The van der Waals surface area contributed by atoms with E-state index in [4.69, 9.17) is 24.7 Å². The van der Waals surface area contributed by atoms with Crippen LogP contribution in [0.25, 0.3) is 11.2 Å². The molecule has 0 aliphatic heterocycles. The molecular formula is C23H40N7O7P. The maximum Gasteiger partial charge on any atom is 0.323 e. The molecule has 0 fully saturated rings. The van der Waals surface area contributed by atoms with E-state index in [1.54, 1.807) is 24.7 Å². The maximum absolute atomic E-state index is 13.6. The highest BCUT2D eigenvalue weighted by atomic mass is 31.2. The fraction of sp³-hybridized carbons (Fsp3) is 0.696. The number of hydrogen-bond donors (Lipinski definition) is 3. The van der Waals surface area contributed by atoms with Crippen molar-refractivity contribution in [2.24, 2.45) is 0 Å². The average Bonchev–Trinajstić information content (AvgIpc) is 3.27. The van der Waals surface area contributed by atoms with E-state index in [1.165, 1.54) is 13.8 Å². The Kier molecular flexibility index (Phi) is 12.9. The summed E-state index contributed by atoms with van der Waals surface area (Å²) in [5.41, 5.74) is 6.84. The number of nitrogens with zero attached hydrogens (tertiary/aromatic N) is 4. The minimum Gasteiger partial charge on any atom is -0.476 e. The molecule has 214 valence electrons. The van der Waals surface area contributed by atoms with E-state index in [0.717, 1.165) is 19.3 Å². The molecule has 0 radical (unpaired) electrons. The van der Waals surface area contributed by atoms with Crippen molar-refractivity contribution in [3.8, 4) is 5.88 Å². The van der Waals surface area contributed by atoms with E-state index in [0.29, 0.717) is 30.2 Å². The zero-order valence-electron chi connectivity index (χ0n) is 22.8. The summed E-state index contributed by atoms with van der Waals surface area (Å²) in [6.45, 7) is 9.78. The number of rotatable bonds is 18. The molecule has 0 aliphatic rings. The first kappa shape index (κ1) is 31.4. The number of aromatic nitrogens is 4. The monoisotopic (exact) mass is 557 g/mol. The fourth-order valence-corrected chi connectivity index (χ4v) is 5.52. The minimum atomic E-state index is -3.59. The Labute approximate surface area is 222 Å². The first-order valence-corrected chi connectivity index (χ1v) is 14.7. The molecule has 4 N–H and O–H groups in total. The maximum atomic E-state index is 13.6. The molecule has 2 atom stereocenters. The Bertz CT molecular complexity index is 1070. The molecule has 0 aliphatic carbocycles. The largest absolute Gasteiger partial charge is 0.476 e. The van der Waals surface area contributed by atoms with Gasteiger partial charge in [0.1, 0.15) is 18.4 Å². The molecule has 15 heteroatoms. The number of nitrogens with one attached hydrogen (secondary N) is 2. The number of nitrogens with two attached hydrogens (primary N) is 1. The Hall–Kier alpha value is -2.80. The summed E-state index contributed by atoms with van der Waals surface area (Å²) in [6.07, 6.45) is 4.27. The highest BCUT2D eigenvalue weighted by Crippen LogP contribution is 2.37. The van der Waals surface area contributed by atoms with Crippen LogP contribution in [0, 0.1) is 0 Å². The lowest BCUT2D eigenvalue weighted by molar-refractivity contribution is -0.145. The number of unbranched alkanes of at least 4 members (excludes halogenated alkanes) is 2. The smallest absolute Gasteiger partial charge is 0.323 e. The van der Waals surface area contributed by atoms with E-state index in [9.17, 15) is 14.2 Å². The third kappa shape index (κ3) is 9.50. The molecule has 0 amide bonds. The molecule has 38 heavy (non-hydrogen) atoms. The quantitative estimate of drug-likeness (QED) is 0.138. The minimum absolute atomic E-state index is 0.0597. The van der Waals surface area contributed by atoms with Gasteiger partial charge in [-0.1, -0.05) is 19.8 Å². The highest BCUT2D eigenvalue weighted by molar-refractivity contribution is 7.59. The van der Waals surface area contributed by atoms with Crippen LogP contribution in [0.2, 0.25) is 0 Å². The summed E-state index contributed by atoms with van der Waals surface area (Å²) in [5, 5.41) is 5.47. The zero-order valence-corrected chi connectivity index (χ0v) is 23.7. The molecule has 0 unspecified atom stereocenters. The van der Waals surface area contributed by atoms with Crippen molar-refractivity contribution in [2.45, 2.75) is 72.5 Å². The summed E-state index contributed by atoms with van der Waals surface area (Å²) in [4.78, 5) is 37.0. The summed E-state index contributed by atoms with van der Waals surface area (Å²) < 4.78 is 36.8. The second-order valence-corrected chi connectivity index (χ2v) is 10.8. The zero-order chi connectivity index (χ0) is 28.1. The summed E-state index contributed by atoms with van der Waals surface area (Å²) in [7, 11) is -3.59. The summed E-state index contributed by atoms with van der Waals surface area (Å²) in [5.74, 6) is -0.770. The molecule has 0 aromatic carbocycles. The van der Waals surface area contributed by atoms with Crippen LogP contribution >= 0.6 is 7.44 Å². The molecule has 14 nitrogen and oxygen atoms in total. The summed E-state index contributed by atoms with van der Waals surface area (Å²) in [6, 6.07) is -1.81. The van der Waals surface area contributed by atoms with Gasteiger partial charge in [-0.15, -0.1) is 0 Å². The van der Waals surface area contributed by atoms with Crippen molar-refractivity contribution in [1.29, 1.82) is 0 Å². The van der Waals surface area contributed by atoms with Crippen LogP contribution < -0.4 is 20.6 Å². The normalized spacial score (nSPS) is 13.3. The van der Waals surface area contributed by atoms with Gasteiger partial charge in [0.15, 0.2) is 11.2 Å². The van der Waals surface area contributed by atoms with Gasteiger partial charge in [0.05, 0.1) is 32.8 Å². The van der Waals surface area contributed by atoms with Crippen LogP contribution in [0.5, 0.6) is 5.88 Å². The van der Waals surface area contributed by atoms with Gasteiger partial charge in [0.25, 0.3) is 0 Å². The molecule has 2 heterocycles. The van der Waals surface area contributed by atoms with Crippen molar-refractivity contribution in [2.75, 3.05) is 38.5 Å². The van der Waals surface area contributed by atoms with Crippen LogP contribution in [0.3, 0.4) is 0 Å². The van der Waals surface area contributed by atoms with Crippen molar-refractivity contribution in [3.63, 3.8) is 0 Å². The van der Waals surface area contributed by atoms with Crippen molar-refractivity contribution >= 4 is 36.5 Å². The number of carbonyl (C=O) groups is 2. The van der Waals surface area contributed by atoms with Crippen LogP contribution in [0.4, 0.5) is 5.95 Å². The number of esters is 2. The van der Waals surface area contributed by atoms with Gasteiger partial charge in [-0.25, -0.2) is 15.2 Å². The lowest BCUT2D eigenvalue weighted by Crippen LogP contribution is -2.42. The second kappa shape index (κ2) is 15.6. The van der Waals surface area contributed by atoms with Crippen molar-refractivity contribution in [1.82, 2.24) is 29.7 Å². The lowest BCUT2D eigenvalue weighted by Gasteiger charge is -2.26. The number of carbonyl (C=O) groups excluding carboxylic acids is 2. The van der Waals surface area contributed by atoms with Gasteiger partial charge >= 0.3 is 11.9 Å². The first-order valence-electron chi connectivity index (χ1n) is 12.8. The Morgan fingerprint density at radius 1 is 1.03 bits per heavy atom. The number of fused-ring (bicyclic) bond motifs is 1. The Balaban J connectivity index is 2.06. The van der Waals surface area contributed by atoms with Crippen LogP contribution in [-0.4, -0.2) is 76.3 Å². The van der Waals surface area contributed by atoms with Crippen molar-refractivity contribution < 1.29 is 33.1 Å². The predicted molar refractivity (Wildman–Crippen MR) is 142 cm³/mol. The molecule has 2 aromatic rings. The number of nitrogen functional groups attached to an aromatic ring is 1. The standard InChI is InChI=1S/C23H40N7O7P/c1-6-9-10-12-37-20-18-19(26-23(24)27-20)30(14-25-18)11-13-34-15-38(33,28-16(4)21(31)35-7-2)29-17(5)22(32)36-8-3/h14,16-17H,6-13,15H2,1-5H3,(H2,24,26,27)(H2,28,29,33)/t16-,17-/m0/s1. The Morgan fingerprint density at radius 3 is 2.24 bits per heavy atom. The third-order valence-corrected chi connectivity index (χ3v) is 7.43. The van der Waals surface area contributed by atoms with Gasteiger partial charge in [0, 0.05) is 6.54 Å². The van der Waals surface area contributed by atoms with Gasteiger partial charge in [-0.2, -0.15) is 9.97 Å². The van der Waals surface area contributed by atoms with Crippen LogP contribution in [0.15, 0.2) is 6.33 Å². The van der Waals surface area contributed by atoms with Gasteiger partial charge < -0.3 is 29.2 Å². The predicted octanol–water partition coefficient (Wildman–Crippen LogP) is 2.23. The SMILES string of the molecule is CCCCCOc1nc(N)nc2c1ncn2CCOCP(=O)(N[C@@H](C)C(=O)OCC)N[C@@H](C)C(=O)OCC. The molecule has 0 bridgehead atoms. The lowest BCUT2D eigenvalue weighted by atomic mass is 10.3. The van der Waals surface area contributed by atoms with Crippen LogP contribution in [-0.2, 0) is 34.9 Å². The first-order chi connectivity index (χ1) is 18.1. The number of imidazole rings is 1. The van der Waals surface area contributed by atoms with Crippen molar-refractivity contribution in [3.05, 3.63) is 6.33 Å². The average molecular weight is 558 g/mol. The summed E-state index contributed by atoms with van der Waals surface area (Å²) >= 11 is 0. The van der Waals surface area contributed by atoms with E-state index < -0.39 is 31.5 Å². The highest BCUT2D eigenvalue weighted by Gasteiger charge is 2.32. The van der Waals surface area contributed by atoms with Crippen LogP contribution in [0.1, 0.15) is 53.9 Å². The van der Waals surface area contributed by atoms with Gasteiger partial charge in [0.2, 0.25) is 19.3 Å². The molecule has 0 spiro atoms. The molecule has 2 rings (SSSR count). The molecule has 2 aromatic heterocycles. The van der Waals surface area contributed by atoms with Gasteiger partial charge in [-0.05, 0) is 34.1 Å². The van der Waals surface area contributed by atoms with Gasteiger partial charge in [-0.3, -0.25) is 14.2 Å². The number of ether oxygens (including phenoxy) is 4. The van der Waals surface area contributed by atoms with E-state index in [2.05, 4.69) is 32.1 Å². The molecular weight excluding hydrogens is 517 g/mol. The van der Waals surface area contributed by atoms with E-state index in [-0.39, 0.29) is 32.1 Å². The van der Waals surface area contributed by atoms with E-state index >= 15 is 0 Å². The number of anilines is 1. The topological polar surface area (TPSA) is 182 Å². The second-order valence-electron chi connectivity index (χ2n) is 8.54.